The summed E-state index contributed by atoms with van der Waals surface area (Å²) in [6, 6.07) is 3.38. The molecule has 0 radical (unpaired) electrons. The number of esters is 1. The molecule has 0 aromatic heterocycles. The molecule has 0 heterocycles. The van der Waals surface area contributed by atoms with Gasteiger partial charge in [0.2, 0.25) is 0 Å². The number of carbonyl (C=O) groups excluding carboxylic acids is 1. The molecule has 0 fully saturated rings. The summed E-state index contributed by atoms with van der Waals surface area (Å²) in [6.07, 6.45) is -4.62. The lowest BCUT2D eigenvalue weighted by molar-refractivity contribution is -0.147. The summed E-state index contributed by atoms with van der Waals surface area (Å²) in [4.78, 5) is 22.1. The summed E-state index contributed by atoms with van der Waals surface area (Å²) in [5.74, 6) is -2.02. The minimum absolute atomic E-state index is 0.0266. The van der Waals surface area contributed by atoms with E-state index in [0.717, 1.165) is 12.1 Å². The second-order valence-electron chi connectivity index (χ2n) is 4.30. The molecule has 1 aromatic carbocycles. The molecule has 0 saturated heterocycles. The highest BCUT2D eigenvalue weighted by Crippen LogP contribution is 2.27. The van der Waals surface area contributed by atoms with Crippen LogP contribution >= 0.6 is 0 Å². The summed E-state index contributed by atoms with van der Waals surface area (Å²) in [5.41, 5.74) is -0.197. The van der Waals surface area contributed by atoms with Crippen molar-refractivity contribution in [2.45, 2.75) is 32.3 Å². The highest BCUT2D eigenvalue weighted by Gasteiger charge is 2.22. The lowest BCUT2D eigenvalue weighted by atomic mass is 9.96. The van der Waals surface area contributed by atoms with E-state index in [1.807, 2.05) is 0 Å². The molecule has 0 saturated carbocycles. The lowest BCUT2D eigenvalue weighted by Gasteiger charge is -2.14. The molecule has 116 valence electrons. The first kappa shape index (κ1) is 17.0. The van der Waals surface area contributed by atoms with Gasteiger partial charge in [0.05, 0.1) is 6.61 Å². The van der Waals surface area contributed by atoms with Crippen molar-refractivity contribution in [3.63, 3.8) is 0 Å². The zero-order valence-corrected chi connectivity index (χ0v) is 11.4. The van der Waals surface area contributed by atoms with Crippen LogP contribution in [0.5, 0.6) is 0 Å². The van der Waals surface area contributed by atoms with E-state index in [1.54, 1.807) is 6.92 Å². The number of aryl methyl sites for hydroxylation is 1. The van der Waals surface area contributed by atoms with Crippen molar-refractivity contribution in [1.82, 2.24) is 0 Å². The molecule has 0 amide bonds. The van der Waals surface area contributed by atoms with Gasteiger partial charge in [0, 0.05) is 12.0 Å². The van der Waals surface area contributed by atoms with Gasteiger partial charge in [-0.2, -0.15) is 0 Å². The fourth-order valence-corrected chi connectivity index (χ4v) is 1.83. The largest absolute Gasteiger partial charge is 0.479 e. The van der Waals surface area contributed by atoms with Crippen LogP contribution in [0, 0.1) is 0 Å². The second-order valence-corrected chi connectivity index (χ2v) is 4.30. The van der Waals surface area contributed by atoms with E-state index in [0.29, 0.717) is 5.56 Å². The monoisotopic (exact) mass is 302 g/mol. The summed E-state index contributed by atoms with van der Waals surface area (Å²) in [7, 11) is 0. The Balaban J connectivity index is 3.01. The predicted molar refractivity (Wildman–Crippen MR) is 68.9 cm³/mol. The maximum absolute atomic E-state index is 12.7. The maximum atomic E-state index is 12.7. The first-order valence-corrected chi connectivity index (χ1v) is 6.34. The third kappa shape index (κ3) is 4.78. The van der Waals surface area contributed by atoms with Gasteiger partial charge in [-0.25, -0.2) is 13.6 Å². The number of rotatable bonds is 7. The Morgan fingerprint density at radius 1 is 1.33 bits per heavy atom. The molecule has 0 spiro atoms. The van der Waals surface area contributed by atoms with Gasteiger partial charge in [-0.05, 0) is 30.5 Å². The third-order valence-electron chi connectivity index (χ3n) is 2.85. The molecule has 0 aliphatic rings. The van der Waals surface area contributed by atoms with E-state index < -0.39 is 24.5 Å². The normalized spacial score (nSPS) is 12.2. The second kappa shape index (κ2) is 7.68. The fourth-order valence-electron chi connectivity index (χ4n) is 1.83. The number of carboxylic acids is 1. The van der Waals surface area contributed by atoms with E-state index in [-0.39, 0.29) is 30.6 Å². The predicted octanol–water partition coefficient (Wildman–Crippen LogP) is 2.24. The van der Waals surface area contributed by atoms with Gasteiger partial charge in [-0.3, -0.25) is 4.79 Å². The lowest BCUT2D eigenvalue weighted by Crippen LogP contribution is -2.14. The number of ether oxygens (including phenoxy) is 1. The molecule has 5 nitrogen and oxygen atoms in total. The van der Waals surface area contributed by atoms with Gasteiger partial charge in [0.25, 0.3) is 6.43 Å². The Morgan fingerprint density at radius 3 is 2.52 bits per heavy atom. The molecular formula is C14H16F2O5. The van der Waals surface area contributed by atoms with Gasteiger partial charge in [0.1, 0.15) is 0 Å². The van der Waals surface area contributed by atoms with Crippen LogP contribution in [0.15, 0.2) is 18.2 Å². The van der Waals surface area contributed by atoms with Gasteiger partial charge >= 0.3 is 11.9 Å². The number of hydrogen-bond donors (Lipinski definition) is 2. The summed E-state index contributed by atoms with van der Waals surface area (Å²) in [5, 5.41) is 18.4. The first-order valence-electron chi connectivity index (χ1n) is 6.34. The first-order chi connectivity index (χ1) is 9.86. The van der Waals surface area contributed by atoms with Gasteiger partial charge < -0.3 is 14.9 Å². The number of aliphatic hydroxyl groups is 1. The quantitative estimate of drug-likeness (QED) is 0.755. The summed E-state index contributed by atoms with van der Waals surface area (Å²) in [6.45, 7) is 1.86. The van der Waals surface area contributed by atoms with Crippen LogP contribution in [-0.2, 0) is 20.7 Å². The zero-order valence-electron chi connectivity index (χ0n) is 11.4. The van der Waals surface area contributed by atoms with Crippen LogP contribution in [0.2, 0.25) is 0 Å². The molecule has 2 N–H and O–H groups in total. The van der Waals surface area contributed by atoms with Gasteiger partial charge in [-0.1, -0.05) is 12.1 Å². The van der Waals surface area contributed by atoms with Crippen LogP contribution in [0.25, 0.3) is 0 Å². The minimum Gasteiger partial charge on any atom is -0.479 e. The van der Waals surface area contributed by atoms with Crippen molar-refractivity contribution in [2.24, 2.45) is 0 Å². The van der Waals surface area contributed by atoms with Crippen molar-refractivity contribution in [3.05, 3.63) is 34.9 Å². The topological polar surface area (TPSA) is 83.8 Å². The number of halogens is 2. The summed E-state index contributed by atoms with van der Waals surface area (Å²) >= 11 is 0. The Bertz CT molecular complexity index is 516. The Morgan fingerprint density at radius 2 is 2.00 bits per heavy atom. The van der Waals surface area contributed by atoms with E-state index in [1.165, 1.54) is 6.07 Å². The van der Waals surface area contributed by atoms with Crippen molar-refractivity contribution < 1.29 is 33.3 Å². The average Bonchev–Trinajstić information content (AvgIpc) is 2.44. The fraction of sp³-hybridized carbons (Fsp3) is 0.429. The SMILES string of the molecule is CCOC(=O)CCc1ccc(C(F)F)cc1C(O)C(=O)O. The molecule has 0 bridgehead atoms. The van der Waals surface area contributed by atoms with Crippen molar-refractivity contribution in [3.8, 4) is 0 Å². The Kier molecular flexibility index (Phi) is 6.23. The molecule has 1 atom stereocenters. The average molecular weight is 302 g/mol. The van der Waals surface area contributed by atoms with Crippen molar-refractivity contribution >= 4 is 11.9 Å². The number of aliphatic hydroxyl groups excluding tert-OH is 1. The number of carboxylic acid groups (broad SMARTS) is 1. The Labute approximate surface area is 120 Å². The number of hydrogen-bond acceptors (Lipinski definition) is 4. The van der Waals surface area contributed by atoms with Crippen LogP contribution in [0.1, 0.15) is 42.6 Å². The summed E-state index contributed by atoms with van der Waals surface area (Å²) < 4.78 is 30.0. The zero-order chi connectivity index (χ0) is 16.0. The van der Waals surface area contributed by atoms with Crippen LogP contribution in [0.4, 0.5) is 8.78 Å². The highest BCUT2D eigenvalue weighted by atomic mass is 19.3. The molecule has 7 heteroatoms. The van der Waals surface area contributed by atoms with E-state index in [4.69, 9.17) is 9.84 Å². The molecule has 1 aromatic rings. The van der Waals surface area contributed by atoms with Crippen molar-refractivity contribution in [1.29, 1.82) is 0 Å². The molecular weight excluding hydrogens is 286 g/mol. The van der Waals surface area contributed by atoms with Crippen LogP contribution in [0.3, 0.4) is 0 Å². The Hall–Kier alpha value is -2.02. The standard InChI is InChI=1S/C14H16F2O5/c1-2-21-11(17)6-5-8-3-4-9(13(15)16)7-10(8)12(18)14(19)20/h3-4,7,12-13,18H,2,5-6H2,1H3,(H,19,20). The van der Waals surface area contributed by atoms with Crippen LogP contribution < -0.4 is 0 Å². The molecule has 0 aliphatic carbocycles. The smallest absolute Gasteiger partial charge is 0.337 e. The molecule has 1 rings (SSSR count). The molecule has 0 aliphatic heterocycles. The van der Waals surface area contributed by atoms with E-state index in [9.17, 15) is 23.5 Å². The van der Waals surface area contributed by atoms with Crippen molar-refractivity contribution in [2.75, 3.05) is 6.61 Å². The minimum atomic E-state index is -2.77. The van der Waals surface area contributed by atoms with E-state index in [2.05, 4.69) is 0 Å². The number of carbonyl (C=O) groups is 2. The number of benzene rings is 1. The third-order valence-corrected chi connectivity index (χ3v) is 2.85. The van der Waals surface area contributed by atoms with Gasteiger partial charge in [0.15, 0.2) is 6.10 Å². The molecule has 1 unspecified atom stereocenters. The van der Waals surface area contributed by atoms with Gasteiger partial charge in [-0.15, -0.1) is 0 Å². The van der Waals surface area contributed by atoms with Crippen LogP contribution in [-0.4, -0.2) is 28.8 Å². The highest BCUT2D eigenvalue weighted by molar-refractivity contribution is 5.75. The number of aliphatic carboxylic acids is 1. The molecule has 21 heavy (non-hydrogen) atoms. The maximum Gasteiger partial charge on any atom is 0.337 e. The number of alkyl halides is 2. The van der Waals surface area contributed by atoms with E-state index >= 15 is 0 Å².